The summed E-state index contributed by atoms with van der Waals surface area (Å²) in [6.07, 6.45) is 4.60. The summed E-state index contributed by atoms with van der Waals surface area (Å²) in [6.45, 7) is 4.04. The van der Waals surface area contributed by atoms with Crippen LogP contribution in [0.5, 0.6) is 0 Å². The molecule has 3 aliphatic heterocycles. The largest absolute Gasteiger partial charge is 0.741 e. The van der Waals surface area contributed by atoms with Crippen molar-refractivity contribution in [2.75, 3.05) is 46.8 Å². The summed E-state index contributed by atoms with van der Waals surface area (Å²) in [5, 5.41) is 0. The van der Waals surface area contributed by atoms with Gasteiger partial charge in [0, 0.05) is 62.7 Å². The molecule has 472 valence electrons. The van der Waals surface area contributed by atoms with Gasteiger partial charge in [-0.3, -0.25) is 0 Å². The van der Waals surface area contributed by atoms with Gasteiger partial charge >= 0.3 is 11.0 Å². The van der Waals surface area contributed by atoms with Crippen LogP contribution >= 0.6 is 0 Å². The van der Waals surface area contributed by atoms with Crippen molar-refractivity contribution in [3.8, 4) is 0 Å². The molecule has 0 spiro atoms. The van der Waals surface area contributed by atoms with E-state index in [0.29, 0.717) is 47.3 Å². The summed E-state index contributed by atoms with van der Waals surface area (Å²) in [7, 11) is -3.36. The lowest BCUT2D eigenvalue weighted by Crippen LogP contribution is -2.52. The molecule has 0 unspecified atom stereocenters. The minimum absolute atomic E-state index is 0.388. The lowest BCUT2D eigenvalue weighted by molar-refractivity contribution is -0.646. The number of imidazole rings is 2. The zero-order valence-corrected chi connectivity index (χ0v) is 51.8. The molecular formula is C70H62F6N8O6S2. The van der Waals surface area contributed by atoms with Crippen molar-refractivity contribution in [2.24, 2.45) is 37.8 Å². The molecule has 92 heavy (non-hydrogen) atoms. The lowest BCUT2D eigenvalue weighted by atomic mass is 9.54. The predicted molar refractivity (Wildman–Crippen MR) is 336 cm³/mol. The fourth-order valence-electron chi connectivity index (χ4n) is 16.3. The zero-order chi connectivity index (χ0) is 64.5. The molecule has 5 heterocycles. The number of fused-ring (bicyclic) bond motifs is 9. The highest BCUT2D eigenvalue weighted by molar-refractivity contribution is 7.86. The highest BCUT2D eigenvalue weighted by Gasteiger charge is 2.55. The van der Waals surface area contributed by atoms with Gasteiger partial charge in [0.1, 0.15) is 0 Å². The molecule has 0 radical (unpaired) electrons. The molecule has 6 aliphatic carbocycles. The Labute approximate surface area is 528 Å². The van der Waals surface area contributed by atoms with Crippen molar-refractivity contribution in [2.45, 2.75) is 47.8 Å². The molecule has 4 atom stereocenters. The lowest BCUT2D eigenvalue weighted by Gasteiger charge is -2.54. The van der Waals surface area contributed by atoms with Gasteiger partial charge in [0.05, 0.1) is 49.9 Å². The quantitative estimate of drug-likeness (QED) is 0.0722. The van der Waals surface area contributed by atoms with Gasteiger partial charge in [0.15, 0.2) is 53.9 Å². The number of anilines is 4. The molecule has 9 aliphatic rings. The monoisotopic (exact) mass is 1290 g/mol. The van der Waals surface area contributed by atoms with Gasteiger partial charge in [-0.15, -0.1) is 0 Å². The minimum Gasteiger partial charge on any atom is -0.741 e. The summed E-state index contributed by atoms with van der Waals surface area (Å²) in [4.78, 5) is 10.1. The van der Waals surface area contributed by atoms with Crippen molar-refractivity contribution in [1.29, 1.82) is 0 Å². The summed E-state index contributed by atoms with van der Waals surface area (Å²) < 4.78 is 127. The predicted octanol–water partition coefficient (Wildman–Crippen LogP) is 12.1. The highest BCUT2D eigenvalue weighted by Crippen LogP contribution is 2.62. The molecule has 0 fully saturated rings. The Morgan fingerprint density at radius 1 is 0.402 bits per heavy atom. The SMILES string of the molecule is CN1C2=C3N(C)c4ccccc4N3C[C@@H]3C4c5ccccc5C(c5ccccc54)[C@H]3CN2c2ccccc21.C[n+]1cn(C[C@@H]2C3c4ccccc4C(c4ccccc43)[C@H]2Cn2c[n+](C)c3ccccc32)c2ccccc21.O=S(=O)([O-])C(F)(F)F.O=S(=O)([O-])C(F)(F)F. The van der Waals surface area contributed by atoms with Crippen molar-refractivity contribution >= 4 is 65.1 Å². The minimum atomic E-state index is -6.09. The third kappa shape index (κ3) is 9.90. The van der Waals surface area contributed by atoms with Crippen LogP contribution in [0.25, 0.3) is 22.1 Å². The Morgan fingerprint density at radius 3 is 0.946 bits per heavy atom. The molecule has 10 aromatic rings. The summed E-state index contributed by atoms with van der Waals surface area (Å²) >= 11 is 0. The van der Waals surface area contributed by atoms with Crippen LogP contribution < -0.4 is 28.7 Å². The Hall–Kier alpha value is -8.96. The first-order chi connectivity index (χ1) is 43.9. The van der Waals surface area contributed by atoms with Crippen molar-refractivity contribution in [3.63, 3.8) is 0 Å². The van der Waals surface area contributed by atoms with Crippen LogP contribution in [0, 0.1) is 23.7 Å². The molecule has 22 heteroatoms. The first-order valence-electron chi connectivity index (χ1n) is 30.1. The molecular weight excluding hydrogens is 1230 g/mol. The van der Waals surface area contributed by atoms with Crippen molar-refractivity contribution in [1.82, 2.24) is 9.13 Å². The number of alkyl halides is 6. The van der Waals surface area contributed by atoms with Crippen LogP contribution in [-0.2, 0) is 47.4 Å². The van der Waals surface area contributed by atoms with E-state index in [1.54, 1.807) is 22.3 Å². The number of aromatic nitrogens is 4. The first kappa shape index (κ1) is 60.6. The number of hydrogen-bond donors (Lipinski definition) is 0. The molecule has 0 amide bonds. The Bertz CT molecular complexity index is 4450. The van der Waals surface area contributed by atoms with Gasteiger partial charge in [-0.2, -0.15) is 26.3 Å². The van der Waals surface area contributed by atoms with Crippen LogP contribution in [0.1, 0.15) is 68.2 Å². The molecule has 2 aromatic heterocycles. The molecule has 0 N–H and O–H groups in total. The van der Waals surface area contributed by atoms with E-state index >= 15 is 0 Å². The normalized spacial score (nSPS) is 22.0. The van der Waals surface area contributed by atoms with Crippen molar-refractivity contribution < 1.29 is 61.4 Å². The van der Waals surface area contributed by atoms with Crippen LogP contribution in [0.2, 0.25) is 0 Å². The molecule has 4 bridgehead atoms. The molecule has 0 saturated heterocycles. The van der Waals surface area contributed by atoms with Gasteiger partial charge < -0.3 is 28.7 Å². The van der Waals surface area contributed by atoms with Crippen LogP contribution in [0.15, 0.2) is 218 Å². The average Bonchev–Trinajstić information content (AvgIpc) is 1.21. The maximum Gasteiger partial charge on any atom is 0.485 e. The molecule has 14 nitrogen and oxygen atoms in total. The highest BCUT2D eigenvalue weighted by atomic mass is 32.2. The number of nitrogens with zero attached hydrogens (tertiary/aromatic N) is 8. The van der Waals surface area contributed by atoms with Crippen LogP contribution in [-0.4, -0.2) is 73.3 Å². The number of rotatable bonds is 4. The second-order valence-electron chi connectivity index (χ2n) is 24.6. The van der Waals surface area contributed by atoms with E-state index in [4.69, 9.17) is 25.9 Å². The average molecular weight is 1290 g/mol. The molecule has 0 saturated carbocycles. The third-order valence-electron chi connectivity index (χ3n) is 19.8. The Morgan fingerprint density at radius 2 is 0.652 bits per heavy atom. The van der Waals surface area contributed by atoms with E-state index in [2.05, 4.69) is 273 Å². The number of aryl methyl sites for hydroxylation is 2. The molecule has 8 aromatic carbocycles. The van der Waals surface area contributed by atoms with E-state index in [-0.39, 0.29) is 0 Å². The maximum absolute atomic E-state index is 10.7. The van der Waals surface area contributed by atoms with Gasteiger partial charge in [-0.1, -0.05) is 146 Å². The second kappa shape index (κ2) is 22.4. The number of benzene rings is 8. The third-order valence-corrected chi connectivity index (χ3v) is 21.0. The van der Waals surface area contributed by atoms with Crippen LogP contribution in [0.4, 0.5) is 49.1 Å². The van der Waals surface area contributed by atoms with E-state index in [1.807, 2.05) is 0 Å². The van der Waals surface area contributed by atoms with Crippen molar-refractivity contribution in [3.05, 3.63) is 263 Å². The Balaban J connectivity index is 0.000000130. The fraction of sp³-hybridized carbons (Fsp3) is 0.257. The number of para-hydroxylation sites is 8. The summed E-state index contributed by atoms with van der Waals surface area (Å²) in [6, 6.07) is 72.6. The Kier molecular flexibility index (Phi) is 14.8. The second-order valence-corrected chi connectivity index (χ2v) is 27.3. The van der Waals surface area contributed by atoms with Crippen LogP contribution in [0.3, 0.4) is 0 Å². The standard InChI is InChI=1S/C34H30N4.C34H32N4.2CHF3O3S/c1-35-27-15-7-9-17-29(27)37-19-25-26(20-38-30-18-10-8-16-28(30)36(2)34(38)33(35)37)32-23-13-5-3-11-21(23)31(25)22-12-4-6-14-24(22)32;1-35-21-37(31-17-9-7-15-29(31)35)19-27-28(20-38-22-36(2)30-16-8-10-18-32(30)38)34-25-13-5-3-11-23(25)33(27)24-12-4-6-14-26(24)34;2*2-1(3,4)8(5,6)7/h3-18,25-26,31-32H,19-20H2,1-2H3;3-18,21-22,27-28,33-34H,19-20H2,1-2H3;2*(H,5,6,7)/q;+2;;/p-2/t25-,26-,31?,32?;27-,28-,33?,34?;;/m00../s1. The van der Waals surface area contributed by atoms with E-state index in [0.717, 1.165) is 26.2 Å². The van der Waals surface area contributed by atoms with E-state index < -0.39 is 31.3 Å². The molecule has 19 rings (SSSR count). The summed E-state index contributed by atoms with van der Waals surface area (Å²) in [5.74, 6) is 6.18. The van der Waals surface area contributed by atoms with Gasteiger partial charge in [0.25, 0.3) is 0 Å². The smallest absolute Gasteiger partial charge is 0.485 e. The van der Waals surface area contributed by atoms with Gasteiger partial charge in [-0.05, 0) is 105 Å². The zero-order valence-electron chi connectivity index (χ0n) is 50.2. The van der Waals surface area contributed by atoms with E-state index in [1.165, 1.54) is 78.7 Å². The number of halogens is 6. The fourth-order valence-corrected chi connectivity index (χ4v) is 16.3. The van der Waals surface area contributed by atoms with E-state index in [9.17, 15) is 26.3 Å². The topological polar surface area (TPSA) is 145 Å². The van der Waals surface area contributed by atoms with Gasteiger partial charge in [-0.25, -0.2) is 35.1 Å². The first-order valence-corrected chi connectivity index (χ1v) is 32.9. The maximum atomic E-state index is 10.7. The van der Waals surface area contributed by atoms with Gasteiger partial charge in [0.2, 0.25) is 12.7 Å². The summed E-state index contributed by atoms with van der Waals surface area (Å²) in [5.41, 5.74) is 11.4. The number of hydrogen-bond acceptors (Lipinski definition) is 10.